The number of carbonyl (C=O) groups excluding carboxylic acids is 1. The minimum absolute atomic E-state index is 0.0349. The quantitative estimate of drug-likeness (QED) is 0.0353. The fourth-order valence-electron chi connectivity index (χ4n) is 16.4. The molecule has 0 aromatic rings. The molecule has 23 heteroatoms. The van der Waals surface area contributed by atoms with Gasteiger partial charge in [0.1, 0.15) is 98.2 Å². The van der Waals surface area contributed by atoms with Crippen LogP contribution in [0.4, 0.5) is 0 Å². The van der Waals surface area contributed by atoms with Crippen LogP contribution in [-0.2, 0) is 47.4 Å². The molecule has 0 spiro atoms. The summed E-state index contributed by atoms with van der Waals surface area (Å²) in [6.45, 7) is 16.3. The molecule has 29 unspecified atom stereocenters. The van der Waals surface area contributed by atoms with Crippen LogP contribution < -0.4 is 0 Å². The summed E-state index contributed by atoms with van der Waals surface area (Å²) in [6.07, 6.45) is -21.6. The van der Waals surface area contributed by atoms with Crippen LogP contribution in [0.3, 0.4) is 0 Å². The minimum Gasteiger partial charge on any atom is -0.463 e. The van der Waals surface area contributed by atoms with Gasteiger partial charge in [0.15, 0.2) is 25.2 Å². The summed E-state index contributed by atoms with van der Waals surface area (Å²) in [7, 11) is 0. The lowest BCUT2D eigenvalue weighted by atomic mass is 9.35. The van der Waals surface area contributed by atoms with Crippen molar-refractivity contribution in [2.45, 2.75) is 261 Å². The molecule has 79 heavy (non-hydrogen) atoms. The minimum atomic E-state index is -1.85. The molecule has 0 aromatic heterocycles. The average molecular weight is 1140 g/mol. The molecule has 23 nitrogen and oxygen atoms in total. The van der Waals surface area contributed by atoms with Crippen molar-refractivity contribution >= 4 is 5.97 Å². The largest absolute Gasteiger partial charge is 0.463 e. The molecule has 4 saturated carbocycles. The molecule has 0 radical (unpaired) electrons. The van der Waals surface area contributed by atoms with E-state index >= 15 is 0 Å². The second-order valence-corrected chi connectivity index (χ2v) is 26.2. The van der Waals surface area contributed by atoms with Gasteiger partial charge in [0.05, 0.1) is 37.6 Å². The summed E-state index contributed by atoms with van der Waals surface area (Å²) in [4.78, 5) is 11.6. The smallest absolute Gasteiger partial charge is 0.302 e. The topological polar surface area (TPSA) is 363 Å². The first-order chi connectivity index (χ1) is 37.0. The molecule has 4 heterocycles. The number of aliphatic hydroxyl groups excluding tert-OH is 13. The summed E-state index contributed by atoms with van der Waals surface area (Å²) in [5, 5.41) is 142. The summed E-state index contributed by atoms with van der Waals surface area (Å²) in [5.74, 6) is -1.10. The normalized spacial score (nSPS) is 50.4. The van der Waals surface area contributed by atoms with Crippen LogP contribution in [0.2, 0.25) is 0 Å². The van der Waals surface area contributed by atoms with Gasteiger partial charge < -0.3 is 109 Å². The van der Waals surface area contributed by atoms with Crippen molar-refractivity contribution in [1.82, 2.24) is 0 Å². The standard InChI is InChI=1S/C56H94O23/c1-25(2)12-10-11-16-56(9,79-50-46(70)42(66)40(64)32(76-50)24-72-48-44(68)38(62)30(22-58)73-48)27-13-18-55(8)36(27)28(60)20-34-53(6)17-15-35(52(4,5)33(53)14-19-54(34,55)7)77-51-47(43(67)37(61)29(21-57)74-51)78-49-45(69)41(65)39(63)31(75-49)23-71-26(3)59/h12,27-51,57-58,60-70H,10-11,13-24H2,1-9H3. The molecule has 4 saturated heterocycles. The van der Waals surface area contributed by atoms with E-state index in [9.17, 15) is 71.2 Å². The third-order valence-corrected chi connectivity index (χ3v) is 21.1. The molecule has 8 rings (SSSR count). The Hall–Kier alpha value is -1.63. The zero-order chi connectivity index (χ0) is 58.1. The zero-order valence-electron chi connectivity index (χ0n) is 47.3. The zero-order valence-corrected chi connectivity index (χ0v) is 47.3. The van der Waals surface area contributed by atoms with E-state index in [4.69, 9.17) is 42.6 Å². The number of esters is 1. The monoisotopic (exact) mass is 1130 g/mol. The van der Waals surface area contributed by atoms with Crippen molar-refractivity contribution in [3.8, 4) is 0 Å². The van der Waals surface area contributed by atoms with Crippen LogP contribution in [0.15, 0.2) is 11.6 Å². The lowest BCUT2D eigenvalue weighted by Gasteiger charge is -2.71. The number of aliphatic hydroxyl groups is 13. The number of unbranched alkanes of at least 4 members (excludes halogenated alkanes) is 1. The van der Waals surface area contributed by atoms with E-state index in [1.165, 1.54) is 0 Å². The molecular formula is C56H94O23. The van der Waals surface area contributed by atoms with Gasteiger partial charge in [-0.1, -0.05) is 46.3 Å². The van der Waals surface area contributed by atoms with Crippen LogP contribution >= 0.6 is 0 Å². The number of hydrogen-bond donors (Lipinski definition) is 13. The Morgan fingerprint density at radius 2 is 1.14 bits per heavy atom. The van der Waals surface area contributed by atoms with Gasteiger partial charge in [-0.25, -0.2) is 0 Å². The number of allylic oxidation sites excluding steroid dienone is 2. The summed E-state index contributed by atoms with van der Waals surface area (Å²) >= 11 is 0. The van der Waals surface area contributed by atoms with Crippen molar-refractivity contribution < 1.29 is 114 Å². The van der Waals surface area contributed by atoms with E-state index in [0.29, 0.717) is 38.5 Å². The van der Waals surface area contributed by atoms with Crippen LogP contribution in [0, 0.1) is 45.3 Å². The third kappa shape index (κ3) is 11.7. The van der Waals surface area contributed by atoms with Crippen molar-refractivity contribution in [1.29, 1.82) is 0 Å². The van der Waals surface area contributed by atoms with E-state index in [1.54, 1.807) is 0 Å². The third-order valence-electron chi connectivity index (χ3n) is 21.1. The predicted octanol–water partition coefficient (Wildman–Crippen LogP) is -0.603. The summed E-state index contributed by atoms with van der Waals surface area (Å²) in [5.41, 5.74) is -1.47. The van der Waals surface area contributed by atoms with E-state index in [2.05, 4.69) is 40.7 Å². The van der Waals surface area contributed by atoms with Crippen LogP contribution in [-0.4, -0.2) is 233 Å². The highest BCUT2D eigenvalue weighted by molar-refractivity contribution is 5.65. The van der Waals surface area contributed by atoms with Gasteiger partial charge in [0.2, 0.25) is 0 Å². The van der Waals surface area contributed by atoms with Gasteiger partial charge >= 0.3 is 5.97 Å². The maximum absolute atomic E-state index is 12.9. The molecule has 4 aliphatic carbocycles. The molecule has 0 amide bonds. The van der Waals surface area contributed by atoms with Gasteiger partial charge in [0, 0.05) is 6.92 Å². The maximum atomic E-state index is 12.9. The Bertz CT molecular complexity index is 2080. The van der Waals surface area contributed by atoms with Crippen LogP contribution in [0.1, 0.15) is 127 Å². The Balaban J connectivity index is 1.01. The van der Waals surface area contributed by atoms with E-state index in [-0.39, 0.29) is 34.5 Å². The van der Waals surface area contributed by atoms with Crippen molar-refractivity contribution in [3.63, 3.8) is 0 Å². The van der Waals surface area contributed by atoms with Gasteiger partial charge in [-0.15, -0.1) is 0 Å². The first kappa shape index (κ1) is 63.4. The molecule has 456 valence electrons. The van der Waals surface area contributed by atoms with E-state index in [0.717, 1.165) is 38.2 Å². The Morgan fingerprint density at radius 1 is 0.595 bits per heavy atom. The molecule has 13 N–H and O–H groups in total. The highest BCUT2D eigenvalue weighted by atomic mass is 16.8. The van der Waals surface area contributed by atoms with Crippen LogP contribution in [0.5, 0.6) is 0 Å². The predicted molar refractivity (Wildman–Crippen MR) is 274 cm³/mol. The molecule has 8 fully saturated rings. The Morgan fingerprint density at radius 3 is 1.76 bits per heavy atom. The second kappa shape index (κ2) is 24.4. The molecular weight excluding hydrogens is 1040 g/mol. The van der Waals surface area contributed by atoms with Gasteiger partial charge in [-0.3, -0.25) is 4.79 Å². The molecule has 0 bridgehead atoms. The number of hydrogen-bond acceptors (Lipinski definition) is 23. The molecule has 4 aliphatic heterocycles. The fraction of sp³-hybridized carbons (Fsp3) is 0.946. The van der Waals surface area contributed by atoms with Crippen molar-refractivity contribution in [3.05, 3.63) is 11.6 Å². The van der Waals surface area contributed by atoms with Gasteiger partial charge in [-0.05, 0) is 130 Å². The SMILES string of the molecule is CC(=O)OCC1OC(OC2C(OC3CCC4(C)C(CCC5(C)C4CC(O)C4C(C(C)(CCCC=C(C)C)OC6OC(COC7OC(CO)C(O)C7O)C(O)C(O)C6O)CCC45C)C3(C)C)OC(CO)C(O)C2O)C(O)C(O)C1O. The number of carbonyl (C=O) groups is 1. The second-order valence-electron chi connectivity index (χ2n) is 26.2. The number of ether oxygens (including phenoxy) is 9. The summed E-state index contributed by atoms with van der Waals surface area (Å²) < 4.78 is 54.3. The first-order valence-electron chi connectivity index (χ1n) is 28.7. The Labute approximate surface area is 463 Å². The van der Waals surface area contributed by atoms with Crippen molar-refractivity contribution in [2.24, 2.45) is 45.3 Å². The fourth-order valence-corrected chi connectivity index (χ4v) is 16.4. The average Bonchev–Trinajstić information content (AvgIpc) is 2.73. The molecule has 29 atom stereocenters. The lowest BCUT2D eigenvalue weighted by Crippen LogP contribution is -2.68. The number of rotatable bonds is 18. The van der Waals surface area contributed by atoms with Crippen molar-refractivity contribution in [2.75, 3.05) is 26.4 Å². The first-order valence-corrected chi connectivity index (χ1v) is 28.7. The maximum Gasteiger partial charge on any atom is 0.302 e. The molecule has 8 aliphatic rings. The van der Waals surface area contributed by atoms with Gasteiger partial charge in [-0.2, -0.15) is 0 Å². The number of fused-ring (bicyclic) bond motifs is 5. The van der Waals surface area contributed by atoms with E-state index in [1.807, 2.05) is 20.8 Å². The highest BCUT2D eigenvalue weighted by Gasteiger charge is 2.72. The van der Waals surface area contributed by atoms with E-state index < -0.39 is 178 Å². The molecule has 0 aromatic carbocycles. The summed E-state index contributed by atoms with van der Waals surface area (Å²) in [6, 6.07) is 0. The lowest BCUT2D eigenvalue weighted by molar-refractivity contribution is -0.378. The van der Waals surface area contributed by atoms with Gasteiger partial charge in [0.25, 0.3) is 0 Å². The van der Waals surface area contributed by atoms with Crippen LogP contribution in [0.25, 0.3) is 0 Å². The Kier molecular flexibility index (Phi) is 19.6. The highest BCUT2D eigenvalue weighted by Crippen LogP contribution is 2.76.